The fourth-order valence-electron chi connectivity index (χ4n) is 0.795. The van der Waals surface area contributed by atoms with Crippen LogP contribution in [-0.4, -0.2) is 17.5 Å². The van der Waals surface area contributed by atoms with Gasteiger partial charge in [0.05, 0.1) is 0 Å². The molecule has 0 aliphatic carbocycles. The van der Waals surface area contributed by atoms with Crippen molar-refractivity contribution in [3.8, 4) is 0 Å². The largest absolute Gasteiger partial charge is 0.294 e. The summed E-state index contributed by atoms with van der Waals surface area (Å²) in [4.78, 5) is 11.6. The van der Waals surface area contributed by atoms with Crippen LogP contribution in [0.1, 0.15) is 0 Å². The predicted molar refractivity (Wildman–Crippen MR) is 58.4 cm³/mol. The quantitative estimate of drug-likeness (QED) is 0.381. The van der Waals surface area contributed by atoms with Crippen LogP contribution in [0.3, 0.4) is 0 Å². The Hall–Kier alpha value is -0.530. The van der Waals surface area contributed by atoms with Crippen LogP contribution in [0.4, 0.5) is 0 Å². The molecule has 0 unspecified atom stereocenters. The van der Waals surface area contributed by atoms with Gasteiger partial charge in [-0.25, -0.2) is 0 Å². The van der Waals surface area contributed by atoms with Crippen molar-refractivity contribution in [2.45, 2.75) is 0 Å². The minimum Gasteiger partial charge on any atom is -0.294 e. The molecule has 0 rings (SSSR count). The van der Waals surface area contributed by atoms with Gasteiger partial charge in [-0.2, -0.15) is 0 Å². The van der Waals surface area contributed by atoms with Crippen molar-refractivity contribution in [2.75, 3.05) is 11.8 Å². The second kappa shape index (κ2) is 6.93. The molecule has 0 aromatic rings. The van der Waals surface area contributed by atoms with E-state index in [1.54, 1.807) is 6.08 Å². The molecule has 0 amide bonds. The number of halogens is 2. The summed E-state index contributed by atoms with van der Waals surface area (Å²) < 4.78 is 0. The second-order valence-electron chi connectivity index (χ2n) is 2.43. The van der Waals surface area contributed by atoms with Gasteiger partial charge >= 0.3 is 0 Å². The highest BCUT2D eigenvalue weighted by molar-refractivity contribution is 6.24. The molecule has 3 heteroatoms. The molecule has 0 atom stereocenters. The van der Waals surface area contributed by atoms with E-state index < -0.39 is 0 Å². The standard InChI is InChI=1S/C10H12Cl2O/c1-3-5-8(4-2)10(13)9(6-11)7-12/h3-5,9H,1-2,6-7H2/b8-5+. The maximum absolute atomic E-state index is 11.6. The molecule has 0 radical (unpaired) electrons. The molecule has 13 heavy (non-hydrogen) atoms. The number of alkyl halides is 2. The topological polar surface area (TPSA) is 17.1 Å². The van der Waals surface area contributed by atoms with E-state index in [9.17, 15) is 4.79 Å². The van der Waals surface area contributed by atoms with E-state index in [2.05, 4.69) is 13.2 Å². The molecule has 0 saturated heterocycles. The van der Waals surface area contributed by atoms with E-state index >= 15 is 0 Å². The molecule has 0 aliphatic heterocycles. The molecule has 72 valence electrons. The van der Waals surface area contributed by atoms with Gasteiger partial charge in [0.1, 0.15) is 0 Å². The number of ketones is 1. The Morgan fingerprint density at radius 1 is 1.31 bits per heavy atom. The Labute approximate surface area is 88.7 Å². The van der Waals surface area contributed by atoms with Gasteiger partial charge in [-0.15, -0.1) is 23.2 Å². The minimum atomic E-state index is -0.340. The molecular weight excluding hydrogens is 207 g/mol. The number of Topliss-reactive ketones (excluding diaryl/α,β-unsaturated/α-hetero) is 1. The summed E-state index contributed by atoms with van der Waals surface area (Å²) in [6, 6.07) is 0. The molecule has 0 aliphatic rings. The highest BCUT2D eigenvalue weighted by atomic mass is 35.5. The minimum absolute atomic E-state index is 0.0834. The summed E-state index contributed by atoms with van der Waals surface area (Å²) in [5.74, 6) is 0.0300. The average Bonchev–Trinajstić information content (AvgIpc) is 2.15. The lowest BCUT2D eigenvalue weighted by Crippen LogP contribution is -2.18. The lowest BCUT2D eigenvalue weighted by molar-refractivity contribution is -0.117. The van der Waals surface area contributed by atoms with Crippen molar-refractivity contribution >= 4 is 29.0 Å². The van der Waals surface area contributed by atoms with Crippen LogP contribution >= 0.6 is 23.2 Å². The van der Waals surface area contributed by atoms with Crippen LogP contribution in [-0.2, 0) is 4.79 Å². The Morgan fingerprint density at radius 3 is 2.15 bits per heavy atom. The van der Waals surface area contributed by atoms with Crippen molar-refractivity contribution in [1.82, 2.24) is 0 Å². The SMILES string of the molecule is C=C/C=C(\C=C)C(=O)C(CCl)CCl. The first-order valence-electron chi connectivity index (χ1n) is 3.82. The Balaban J connectivity index is 4.62. The zero-order valence-corrected chi connectivity index (χ0v) is 8.81. The van der Waals surface area contributed by atoms with Crippen LogP contribution in [0.15, 0.2) is 37.0 Å². The Bertz CT molecular complexity index is 227. The zero-order valence-electron chi connectivity index (χ0n) is 7.30. The van der Waals surface area contributed by atoms with Crippen molar-refractivity contribution in [3.63, 3.8) is 0 Å². The Kier molecular flexibility index (Phi) is 6.65. The smallest absolute Gasteiger partial charge is 0.168 e. The van der Waals surface area contributed by atoms with Crippen LogP contribution in [0.5, 0.6) is 0 Å². The first-order valence-corrected chi connectivity index (χ1v) is 4.89. The van der Waals surface area contributed by atoms with Gasteiger partial charge in [-0.05, 0) is 0 Å². The summed E-state index contributed by atoms with van der Waals surface area (Å²) in [6.45, 7) is 7.03. The zero-order chi connectivity index (χ0) is 10.3. The van der Waals surface area contributed by atoms with E-state index in [-0.39, 0.29) is 23.5 Å². The predicted octanol–water partition coefficient (Wildman–Crippen LogP) is 2.95. The van der Waals surface area contributed by atoms with Crippen molar-refractivity contribution in [3.05, 3.63) is 37.0 Å². The van der Waals surface area contributed by atoms with Crippen LogP contribution in [0.2, 0.25) is 0 Å². The third-order valence-corrected chi connectivity index (χ3v) is 2.29. The first kappa shape index (κ1) is 12.5. The maximum atomic E-state index is 11.6. The summed E-state index contributed by atoms with van der Waals surface area (Å²) >= 11 is 11.1. The third-order valence-electron chi connectivity index (χ3n) is 1.55. The van der Waals surface area contributed by atoms with Crippen LogP contribution in [0.25, 0.3) is 0 Å². The maximum Gasteiger partial charge on any atom is 0.168 e. The Morgan fingerprint density at radius 2 is 1.85 bits per heavy atom. The van der Waals surface area contributed by atoms with Crippen molar-refractivity contribution in [2.24, 2.45) is 5.92 Å². The molecule has 0 N–H and O–H groups in total. The second-order valence-corrected chi connectivity index (χ2v) is 3.05. The monoisotopic (exact) mass is 218 g/mol. The highest BCUT2D eigenvalue weighted by Crippen LogP contribution is 2.11. The fourth-order valence-corrected chi connectivity index (χ4v) is 1.41. The molecular formula is C10H12Cl2O. The molecule has 0 fully saturated rings. The number of allylic oxidation sites excluding steroid dienone is 4. The number of carbonyl (C=O) groups is 1. The van der Waals surface area contributed by atoms with Crippen LogP contribution in [0, 0.1) is 5.92 Å². The molecule has 0 spiro atoms. The molecule has 0 bridgehead atoms. The van der Waals surface area contributed by atoms with Gasteiger partial charge in [-0.1, -0.05) is 31.4 Å². The summed E-state index contributed by atoms with van der Waals surface area (Å²) in [5.41, 5.74) is 0.501. The number of rotatable bonds is 6. The van der Waals surface area contributed by atoms with Gasteiger partial charge < -0.3 is 0 Å². The molecule has 0 aromatic heterocycles. The molecule has 0 saturated carbocycles. The van der Waals surface area contributed by atoms with E-state index in [1.165, 1.54) is 12.2 Å². The van der Waals surface area contributed by atoms with Crippen molar-refractivity contribution < 1.29 is 4.79 Å². The summed E-state index contributed by atoms with van der Waals surface area (Å²) in [6.07, 6.45) is 4.62. The first-order chi connectivity index (χ1) is 6.21. The summed E-state index contributed by atoms with van der Waals surface area (Å²) in [7, 11) is 0. The van der Waals surface area contributed by atoms with Gasteiger partial charge in [0.25, 0.3) is 0 Å². The van der Waals surface area contributed by atoms with E-state index in [4.69, 9.17) is 23.2 Å². The highest BCUT2D eigenvalue weighted by Gasteiger charge is 2.17. The fraction of sp³-hybridized carbons (Fsp3) is 0.300. The van der Waals surface area contributed by atoms with E-state index in [0.29, 0.717) is 5.57 Å². The third kappa shape index (κ3) is 3.79. The number of hydrogen-bond acceptors (Lipinski definition) is 1. The number of carbonyl (C=O) groups excluding carboxylic acids is 1. The van der Waals surface area contributed by atoms with Crippen LogP contribution < -0.4 is 0 Å². The lowest BCUT2D eigenvalue weighted by Gasteiger charge is -2.08. The number of hydrogen-bond donors (Lipinski definition) is 0. The molecule has 1 nitrogen and oxygen atoms in total. The average molecular weight is 219 g/mol. The molecule has 0 aromatic carbocycles. The van der Waals surface area contributed by atoms with E-state index in [0.717, 1.165) is 0 Å². The van der Waals surface area contributed by atoms with Gasteiger partial charge in [0, 0.05) is 23.3 Å². The van der Waals surface area contributed by atoms with E-state index in [1.807, 2.05) is 0 Å². The summed E-state index contributed by atoms with van der Waals surface area (Å²) in [5, 5.41) is 0. The van der Waals surface area contributed by atoms with Crippen molar-refractivity contribution in [1.29, 1.82) is 0 Å². The lowest BCUT2D eigenvalue weighted by atomic mass is 10.0. The van der Waals surface area contributed by atoms with Gasteiger partial charge in [0.2, 0.25) is 0 Å². The normalized spacial score (nSPS) is 11.5. The van der Waals surface area contributed by atoms with Gasteiger partial charge in [-0.3, -0.25) is 4.79 Å². The molecule has 0 heterocycles. The van der Waals surface area contributed by atoms with Gasteiger partial charge in [0.15, 0.2) is 5.78 Å².